The highest BCUT2D eigenvalue weighted by molar-refractivity contribution is 6.28. The van der Waals surface area contributed by atoms with Gasteiger partial charge in [0.15, 0.2) is 0 Å². The van der Waals surface area contributed by atoms with Gasteiger partial charge in [-0.2, -0.15) is 0 Å². The molecule has 18 rings (SSSR count). The molecule has 0 amide bonds. The highest BCUT2D eigenvalue weighted by Crippen LogP contribution is 2.53. The summed E-state index contributed by atoms with van der Waals surface area (Å²) in [7, 11) is 3.64. The number of para-hydroxylation sites is 8. The predicted molar refractivity (Wildman–Crippen MR) is 455 cm³/mol. The van der Waals surface area contributed by atoms with E-state index in [1.165, 1.54) is 0 Å². The summed E-state index contributed by atoms with van der Waals surface area (Å²) in [4.78, 5) is 9.23. The van der Waals surface area contributed by atoms with Gasteiger partial charge in [-0.05, 0) is 259 Å². The van der Waals surface area contributed by atoms with Crippen LogP contribution in [0.4, 0.5) is 68.2 Å². The summed E-state index contributed by atoms with van der Waals surface area (Å²) in [6.45, 7) is 0. The summed E-state index contributed by atoms with van der Waals surface area (Å²) in [5.41, 5.74) is 23.7. The van der Waals surface area contributed by atoms with Crippen LogP contribution in [0.5, 0.6) is 11.5 Å². The van der Waals surface area contributed by atoms with Crippen LogP contribution >= 0.6 is 0 Å². The Morgan fingerprint density at radius 1 is 0.148 bits per heavy atom. The number of hydrogen-bond acceptors (Lipinski definition) is 6. The highest BCUT2D eigenvalue weighted by atomic mass is 16.5. The molecule has 18 aromatic rings. The molecule has 0 heterocycles. The van der Waals surface area contributed by atoms with Gasteiger partial charge in [0, 0.05) is 89.8 Å². The maximum absolute atomic E-state index is 6.81. The summed E-state index contributed by atoms with van der Waals surface area (Å²) >= 11 is 0. The Labute approximate surface area is 630 Å². The first-order chi connectivity index (χ1) is 53.5. The van der Waals surface area contributed by atoms with Gasteiger partial charge in [-0.25, -0.2) is 0 Å². The predicted octanol–water partition coefficient (Wildman–Crippen LogP) is 28.5. The number of benzene rings is 18. The summed E-state index contributed by atoms with van der Waals surface area (Å²) in [6, 6.07) is 148. The van der Waals surface area contributed by atoms with Crippen molar-refractivity contribution in [1.29, 1.82) is 0 Å². The van der Waals surface area contributed by atoms with Gasteiger partial charge < -0.3 is 29.1 Å². The number of fused-ring (bicyclic) bond motifs is 4. The molecule has 0 saturated carbocycles. The Hall–Kier alpha value is -14.2. The van der Waals surface area contributed by atoms with Crippen molar-refractivity contribution in [3.05, 3.63) is 413 Å². The van der Waals surface area contributed by atoms with E-state index in [2.05, 4.69) is 432 Å². The summed E-state index contributed by atoms with van der Waals surface area (Å²) in [5, 5.41) is 8.21. The first-order valence-corrected chi connectivity index (χ1v) is 36.7. The fourth-order valence-electron chi connectivity index (χ4n) is 15.7. The van der Waals surface area contributed by atoms with E-state index in [4.69, 9.17) is 9.47 Å². The number of ether oxygens (including phenoxy) is 2. The quantitative estimate of drug-likeness (QED) is 0.0750. The van der Waals surface area contributed by atoms with Gasteiger partial charge in [0.25, 0.3) is 0 Å². The Morgan fingerprint density at radius 2 is 0.315 bits per heavy atom. The Balaban J connectivity index is 0.855. The van der Waals surface area contributed by atoms with E-state index in [0.29, 0.717) is 0 Å². The second kappa shape index (κ2) is 29.1. The fourth-order valence-corrected chi connectivity index (χ4v) is 15.7. The molecule has 0 unspecified atom stereocenters. The molecule has 0 aromatic heterocycles. The average molecular weight is 1390 g/mol. The molecule has 0 saturated heterocycles. The van der Waals surface area contributed by atoms with E-state index >= 15 is 0 Å². The average Bonchev–Trinajstić information content (AvgIpc) is 0.708. The molecule has 0 aliphatic carbocycles. The molecule has 0 fully saturated rings. The summed E-state index contributed by atoms with van der Waals surface area (Å²) in [5.74, 6) is 1.60. The van der Waals surface area contributed by atoms with E-state index in [1.54, 1.807) is 0 Å². The molecule has 0 atom stereocenters. The van der Waals surface area contributed by atoms with Crippen LogP contribution in [0.1, 0.15) is 0 Å². The fraction of sp³-hybridized carbons (Fsp3) is 0.0196. The van der Waals surface area contributed by atoms with Crippen molar-refractivity contribution in [2.75, 3.05) is 33.8 Å². The maximum atomic E-state index is 6.81. The monoisotopic (exact) mass is 1390 g/mol. The second-order valence-corrected chi connectivity index (χ2v) is 27.1. The van der Waals surface area contributed by atoms with Crippen LogP contribution in [-0.4, -0.2) is 14.2 Å². The van der Waals surface area contributed by atoms with Crippen LogP contribution in [0.15, 0.2) is 413 Å². The second-order valence-electron chi connectivity index (χ2n) is 27.1. The van der Waals surface area contributed by atoms with E-state index in [1.807, 2.05) is 14.2 Å². The topological polar surface area (TPSA) is 31.4 Å². The van der Waals surface area contributed by atoms with Gasteiger partial charge >= 0.3 is 0 Å². The van der Waals surface area contributed by atoms with Crippen LogP contribution < -0.4 is 29.1 Å². The molecule has 6 nitrogen and oxygen atoms in total. The van der Waals surface area contributed by atoms with Crippen molar-refractivity contribution < 1.29 is 9.47 Å². The summed E-state index contributed by atoms with van der Waals surface area (Å²) in [6.07, 6.45) is 0. The first-order valence-electron chi connectivity index (χ1n) is 36.7. The minimum atomic E-state index is 0.802. The van der Waals surface area contributed by atoms with Gasteiger partial charge in [-0.1, -0.05) is 231 Å². The molecule has 0 aliphatic heterocycles. The number of anilines is 12. The van der Waals surface area contributed by atoms with Gasteiger partial charge in [0.1, 0.15) is 11.5 Å². The smallest absolute Gasteiger partial charge is 0.134 e. The third-order valence-electron chi connectivity index (χ3n) is 20.7. The van der Waals surface area contributed by atoms with Crippen LogP contribution in [-0.2, 0) is 0 Å². The Bertz CT molecular complexity index is 5650. The molecule has 0 radical (unpaired) electrons. The number of nitrogens with zero attached hydrogens (tertiary/aromatic N) is 4. The van der Waals surface area contributed by atoms with Crippen molar-refractivity contribution >= 4 is 111 Å². The maximum Gasteiger partial charge on any atom is 0.134 e. The number of methoxy groups -OCH3 is 2. The van der Waals surface area contributed by atoms with Gasteiger partial charge in [0.05, 0.1) is 14.2 Å². The standard InChI is InChI=1S/C102H74N4O2/c1-107-101-93-65-53-75(71-43-55-87(56-44-71)103(79-27-11-3-12-28-79)80-29-13-4-14-30-80)67-95(93)99(91-63-51-77(69-97(91)101)73-47-59-89(60-48-73)105(83-35-19-7-20-36-83)84-37-21-8-22-38-84)100-92-64-52-78(74-49-61-90(62-50-74)106(85-39-23-9-24-40-85)86-41-25-10-26-42-86)70-98(92)102(108-2)94-66-54-76(68-96(94)100)72-45-57-88(58-46-72)104(81-31-15-5-16-32-81)82-33-17-6-18-34-82/h3-70H,1-2H3. The van der Waals surface area contributed by atoms with Crippen molar-refractivity contribution in [1.82, 2.24) is 0 Å². The van der Waals surface area contributed by atoms with Crippen molar-refractivity contribution in [3.63, 3.8) is 0 Å². The molecular formula is C102H74N4O2. The highest BCUT2D eigenvalue weighted by Gasteiger charge is 2.26. The normalized spacial score (nSPS) is 11.2. The molecular weight excluding hydrogens is 1310 g/mol. The molecule has 0 bridgehead atoms. The zero-order valence-electron chi connectivity index (χ0n) is 59.9. The molecule has 0 spiro atoms. The van der Waals surface area contributed by atoms with E-state index in [9.17, 15) is 0 Å². The van der Waals surface area contributed by atoms with Gasteiger partial charge in [0.2, 0.25) is 0 Å². The van der Waals surface area contributed by atoms with E-state index in [-0.39, 0.29) is 0 Å². The van der Waals surface area contributed by atoms with Crippen LogP contribution in [0, 0.1) is 0 Å². The minimum absolute atomic E-state index is 0.802. The minimum Gasteiger partial charge on any atom is -0.495 e. The lowest BCUT2D eigenvalue weighted by Crippen LogP contribution is -2.09. The largest absolute Gasteiger partial charge is 0.495 e. The third-order valence-corrected chi connectivity index (χ3v) is 20.7. The van der Waals surface area contributed by atoms with Gasteiger partial charge in [-0.3, -0.25) is 0 Å². The SMILES string of the molecule is COc1c2cc(-c3ccc(N(c4ccccc4)c4ccccc4)cc3)ccc2c(-c2c3ccc(-c4ccc(N(c5ccccc5)c5ccccc5)cc4)cc3c(OC)c3ccc(-c4ccc(N(c5ccccc5)c5ccccc5)cc4)cc23)c2cc(-c3ccc(N(c4ccccc4)c4ccccc4)cc3)ccc12. The van der Waals surface area contributed by atoms with E-state index < -0.39 is 0 Å². The zero-order valence-corrected chi connectivity index (χ0v) is 59.9. The van der Waals surface area contributed by atoms with Crippen molar-refractivity contribution in [2.45, 2.75) is 0 Å². The van der Waals surface area contributed by atoms with Gasteiger partial charge in [-0.15, -0.1) is 0 Å². The lowest BCUT2D eigenvalue weighted by molar-refractivity contribution is 0.424. The number of rotatable bonds is 19. The molecule has 6 heteroatoms. The van der Waals surface area contributed by atoms with Crippen LogP contribution in [0.2, 0.25) is 0 Å². The zero-order chi connectivity index (χ0) is 72.3. The van der Waals surface area contributed by atoms with Crippen LogP contribution in [0.3, 0.4) is 0 Å². The molecule has 514 valence electrons. The lowest BCUT2D eigenvalue weighted by atomic mass is 9.83. The third kappa shape index (κ3) is 12.5. The summed E-state index contributed by atoms with van der Waals surface area (Å²) < 4.78 is 13.6. The molecule has 18 aromatic carbocycles. The lowest BCUT2D eigenvalue weighted by Gasteiger charge is -2.26. The first kappa shape index (κ1) is 65.8. The van der Waals surface area contributed by atoms with E-state index in [0.717, 1.165) is 178 Å². The van der Waals surface area contributed by atoms with Crippen LogP contribution in [0.25, 0.3) is 98.7 Å². The molecule has 0 aliphatic rings. The molecule has 0 N–H and O–H groups in total. The Morgan fingerprint density at radius 3 is 0.509 bits per heavy atom. The van der Waals surface area contributed by atoms with Crippen molar-refractivity contribution in [2.24, 2.45) is 0 Å². The Kier molecular flexibility index (Phi) is 17.8. The number of hydrogen-bond donors (Lipinski definition) is 0. The molecule has 108 heavy (non-hydrogen) atoms. The van der Waals surface area contributed by atoms with Crippen molar-refractivity contribution in [3.8, 4) is 67.1 Å².